The fraction of sp³-hybridized carbons (Fsp3) is 0.130. The molecule has 0 atom stereocenters. The van der Waals surface area contributed by atoms with Crippen molar-refractivity contribution >= 4 is 23.1 Å². The smallest absolute Gasteiger partial charge is 0.224 e. The maximum Gasteiger partial charge on any atom is 0.224 e. The molecule has 4 rings (SSSR count). The normalized spacial score (nSPS) is 10.6. The molecule has 1 amide bonds. The molecule has 0 unspecified atom stereocenters. The molecule has 2 heterocycles. The zero-order valence-electron chi connectivity index (χ0n) is 16.6. The Bertz CT molecular complexity index is 1120. The summed E-state index contributed by atoms with van der Waals surface area (Å²) < 4.78 is 1.67. The van der Waals surface area contributed by atoms with Crippen molar-refractivity contribution in [2.75, 3.05) is 10.6 Å². The molecule has 4 aromatic rings. The van der Waals surface area contributed by atoms with E-state index in [4.69, 9.17) is 0 Å². The van der Waals surface area contributed by atoms with Gasteiger partial charge in [0.25, 0.3) is 0 Å². The van der Waals surface area contributed by atoms with Crippen molar-refractivity contribution in [3.05, 3.63) is 90.5 Å². The Labute approximate surface area is 174 Å². The predicted molar refractivity (Wildman–Crippen MR) is 117 cm³/mol. The molecule has 2 N–H and O–H groups in total. The number of nitrogens with zero attached hydrogens (tertiary/aromatic N) is 4. The molecule has 0 aliphatic heterocycles. The zero-order valence-corrected chi connectivity index (χ0v) is 16.6. The molecule has 30 heavy (non-hydrogen) atoms. The van der Waals surface area contributed by atoms with Crippen LogP contribution in [0.3, 0.4) is 0 Å². The molecule has 7 heteroatoms. The lowest BCUT2D eigenvalue weighted by molar-refractivity contribution is -0.116. The Hall–Kier alpha value is -4.00. The quantitative estimate of drug-likeness (QED) is 0.485. The van der Waals surface area contributed by atoms with Gasteiger partial charge in [-0.05, 0) is 49.2 Å². The highest BCUT2D eigenvalue weighted by Crippen LogP contribution is 2.19. The van der Waals surface area contributed by atoms with Gasteiger partial charge in [-0.25, -0.2) is 14.6 Å². The second-order valence-corrected chi connectivity index (χ2v) is 6.95. The van der Waals surface area contributed by atoms with Crippen molar-refractivity contribution in [2.24, 2.45) is 0 Å². The lowest BCUT2D eigenvalue weighted by atomic mass is 10.1. The lowest BCUT2D eigenvalue weighted by Crippen LogP contribution is -2.12. The third kappa shape index (κ3) is 5.08. The monoisotopic (exact) mass is 398 g/mol. The molecule has 0 aliphatic carbocycles. The summed E-state index contributed by atoms with van der Waals surface area (Å²) >= 11 is 0. The van der Waals surface area contributed by atoms with E-state index in [-0.39, 0.29) is 5.91 Å². The largest absolute Gasteiger partial charge is 0.340 e. The van der Waals surface area contributed by atoms with Crippen molar-refractivity contribution in [3.8, 4) is 5.82 Å². The summed E-state index contributed by atoms with van der Waals surface area (Å²) in [5, 5.41) is 10.3. The first-order chi connectivity index (χ1) is 14.7. The van der Waals surface area contributed by atoms with Gasteiger partial charge in [0.05, 0.1) is 0 Å². The fourth-order valence-corrected chi connectivity index (χ4v) is 3.08. The van der Waals surface area contributed by atoms with Crippen LogP contribution in [0.1, 0.15) is 17.5 Å². The number of hydrogen-bond acceptors (Lipinski definition) is 5. The van der Waals surface area contributed by atoms with Crippen LogP contribution in [0.15, 0.2) is 79.4 Å². The van der Waals surface area contributed by atoms with Gasteiger partial charge in [-0.2, -0.15) is 5.10 Å². The van der Waals surface area contributed by atoms with Crippen molar-refractivity contribution in [3.63, 3.8) is 0 Å². The van der Waals surface area contributed by atoms with Crippen molar-refractivity contribution in [1.29, 1.82) is 0 Å². The molecule has 0 spiro atoms. The number of aryl methyl sites for hydroxylation is 2. The molecule has 0 radical (unpaired) electrons. The van der Waals surface area contributed by atoms with Gasteiger partial charge >= 0.3 is 0 Å². The maximum absolute atomic E-state index is 12.2. The van der Waals surface area contributed by atoms with Gasteiger partial charge in [-0.15, -0.1) is 0 Å². The summed E-state index contributed by atoms with van der Waals surface area (Å²) in [5.41, 5.74) is 3.99. The lowest BCUT2D eigenvalue weighted by Gasteiger charge is -2.09. The number of hydrogen-bond donors (Lipinski definition) is 2. The van der Waals surface area contributed by atoms with Gasteiger partial charge in [-0.1, -0.05) is 29.8 Å². The van der Waals surface area contributed by atoms with Crippen molar-refractivity contribution < 1.29 is 4.79 Å². The maximum atomic E-state index is 12.2. The van der Waals surface area contributed by atoms with E-state index in [1.165, 1.54) is 17.5 Å². The molecular formula is C23H22N6O. The van der Waals surface area contributed by atoms with E-state index < -0.39 is 0 Å². The molecule has 0 saturated carbocycles. The van der Waals surface area contributed by atoms with Crippen molar-refractivity contribution in [1.82, 2.24) is 19.7 Å². The van der Waals surface area contributed by atoms with Crippen LogP contribution in [0, 0.1) is 6.92 Å². The van der Waals surface area contributed by atoms with E-state index >= 15 is 0 Å². The third-order valence-electron chi connectivity index (χ3n) is 4.56. The van der Waals surface area contributed by atoms with Crippen LogP contribution in [0.2, 0.25) is 0 Å². The molecule has 0 aliphatic rings. The molecular weight excluding hydrogens is 376 g/mol. The van der Waals surface area contributed by atoms with E-state index in [0.29, 0.717) is 18.1 Å². The Kier molecular flexibility index (Phi) is 5.80. The number of aromatic nitrogens is 4. The minimum absolute atomic E-state index is 0.00289. The van der Waals surface area contributed by atoms with Gasteiger partial charge < -0.3 is 10.6 Å². The standard InChI is InChI=1S/C23H22N6O/c1-17-4-2-5-18(14-17)6-11-23(30)28-20-9-7-19(8-10-20)27-21-15-22(25-16-24-21)29-13-3-12-26-29/h2-5,7-10,12-16H,6,11H2,1H3,(H,28,30)(H,24,25,27). The molecule has 0 saturated heterocycles. The molecule has 0 bridgehead atoms. The van der Waals surface area contributed by atoms with Crippen LogP contribution in [0.4, 0.5) is 17.2 Å². The average molecular weight is 398 g/mol. The first kappa shape index (κ1) is 19.3. The number of carbonyl (C=O) groups is 1. The summed E-state index contributed by atoms with van der Waals surface area (Å²) in [6, 6.07) is 19.4. The highest BCUT2D eigenvalue weighted by molar-refractivity contribution is 5.91. The van der Waals surface area contributed by atoms with Gasteiger partial charge in [0.1, 0.15) is 12.1 Å². The molecule has 2 aromatic heterocycles. The second-order valence-electron chi connectivity index (χ2n) is 6.95. The van der Waals surface area contributed by atoms with Crippen LogP contribution >= 0.6 is 0 Å². The summed E-state index contributed by atoms with van der Waals surface area (Å²) in [4.78, 5) is 20.7. The first-order valence-corrected chi connectivity index (χ1v) is 9.70. The van der Waals surface area contributed by atoms with Crippen LogP contribution in [0.5, 0.6) is 0 Å². The number of amides is 1. The predicted octanol–water partition coefficient (Wildman–Crippen LogP) is 4.29. The Balaban J connectivity index is 1.33. The van der Waals surface area contributed by atoms with E-state index in [9.17, 15) is 4.79 Å². The molecule has 150 valence electrons. The number of benzene rings is 2. The van der Waals surface area contributed by atoms with Crippen LogP contribution < -0.4 is 10.6 Å². The van der Waals surface area contributed by atoms with Crippen LogP contribution in [-0.2, 0) is 11.2 Å². The number of carbonyl (C=O) groups excluding carboxylic acids is 1. The number of nitrogens with one attached hydrogen (secondary N) is 2. The Morgan fingerprint density at radius 2 is 1.83 bits per heavy atom. The van der Waals surface area contributed by atoms with Crippen molar-refractivity contribution in [2.45, 2.75) is 19.8 Å². The van der Waals surface area contributed by atoms with Gasteiger partial charge in [0, 0.05) is 36.3 Å². The minimum Gasteiger partial charge on any atom is -0.340 e. The summed E-state index contributed by atoms with van der Waals surface area (Å²) in [7, 11) is 0. The number of anilines is 3. The molecule has 0 fully saturated rings. The second kappa shape index (κ2) is 9.00. The van der Waals surface area contributed by atoms with Crippen LogP contribution in [0.25, 0.3) is 5.82 Å². The van der Waals surface area contributed by atoms with E-state index in [0.717, 1.165) is 17.8 Å². The average Bonchev–Trinajstić information content (AvgIpc) is 3.29. The summed E-state index contributed by atoms with van der Waals surface area (Å²) in [5.74, 6) is 1.33. The first-order valence-electron chi connectivity index (χ1n) is 9.70. The van der Waals surface area contributed by atoms with Gasteiger partial charge in [0.15, 0.2) is 5.82 Å². The topological polar surface area (TPSA) is 84.7 Å². The molecule has 2 aromatic carbocycles. The number of rotatable bonds is 7. The van der Waals surface area contributed by atoms with Gasteiger partial charge in [-0.3, -0.25) is 4.79 Å². The summed E-state index contributed by atoms with van der Waals surface area (Å²) in [6.45, 7) is 2.05. The van der Waals surface area contributed by atoms with E-state index in [2.05, 4.69) is 44.8 Å². The highest BCUT2D eigenvalue weighted by Gasteiger charge is 2.05. The zero-order chi connectivity index (χ0) is 20.8. The SMILES string of the molecule is Cc1cccc(CCC(=O)Nc2ccc(Nc3cc(-n4cccn4)ncn3)cc2)c1. The van der Waals surface area contributed by atoms with E-state index in [1.54, 1.807) is 10.9 Å². The third-order valence-corrected chi connectivity index (χ3v) is 4.56. The Morgan fingerprint density at radius 1 is 1.00 bits per heavy atom. The summed E-state index contributed by atoms with van der Waals surface area (Å²) in [6.07, 6.45) is 6.17. The molecule has 7 nitrogen and oxygen atoms in total. The van der Waals surface area contributed by atoms with Gasteiger partial charge in [0.2, 0.25) is 5.91 Å². The highest BCUT2D eigenvalue weighted by atomic mass is 16.1. The fourth-order valence-electron chi connectivity index (χ4n) is 3.08. The minimum atomic E-state index is -0.00289. The Morgan fingerprint density at radius 3 is 2.60 bits per heavy atom. The van der Waals surface area contributed by atoms with E-state index in [1.807, 2.05) is 54.7 Å². The van der Waals surface area contributed by atoms with Crippen LogP contribution in [-0.4, -0.2) is 25.7 Å².